The summed E-state index contributed by atoms with van der Waals surface area (Å²) >= 11 is 0. The maximum atomic E-state index is 12.6. The van der Waals surface area contributed by atoms with Gasteiger partial charge in [0, 0.05) is 22.9 Å². The highest BCUT2D eigenvalue weighted by atomic mass is 16.5. The summed E-state index contributed by atoms with van der Waals surface area (Å²) in [4.78, 5) is 12.6. The molecule has 4 aromatic rings. The molecule has 0 bridgehead atoms. The first-order chi connectivity index (χ1) is 14.1. The van der Waals surface area contributed by atoms with E-state index in [0.717, 1.165) is 17.1 Å². The molecule has 0 aliphatic heterocycles. The van der Waals surface area contributed by atoms with E-state index in [4.69, 9.17) is 9.47 Å². The van der Waals surface area contributed by atoms with E-state index in [1.165, 1.54) is 0 Å². The Morgan fingerprint density at radius 3 is 2.28 bits per heavy atom. The highest BCUT2D eigenvalue weighted by molar-refractivity contribution is 6.04. The first kappa shape index (κ1) is 18.4. The summed E-state index contributed by atoms with van der Waals surface area (Å²) in [5.41, 5.74) is 3.52. The topological polar surface area (TPSA) is 90.6 Å². The zero-order valence-corrected chi connectivity index (χ0v) is 16.2. The first-order valence-electron chi connectivity index (χ1n) is 8.91. The van der Waals surface area contributed by atoms with Crippen LogP contribution in [-0.2, 0) is 0 Å². The molecule has 0 radical (unpaired) electrons. The summed E-state index contributed by atoms with van der Waals surface area (Å²) in [6.45, 7) is 1.85. The number of fused-ring (bicyclic) bond motifs is 1. The molecule has 0 fully saturated rings. The minimum absolute atomic E-state index is 0.255. The van der Waals surface area contributed by atoms with Gasteiger partial charge in [-0.1, -0.05) is 12.1 Å². The zero-order chi connectivity index (χ0) is 20.4. The number of ether oxygens (including phenoxy) is 2. The van der Waals surface area contributed by atoms with E-state index in [2.05, 4.69) is 20.6 Å². The molecule has 0 saturated carbocycles. The van der Waals surface area contributed by atoms with Crippen molar-refractivity contribution in [1.82, 2.24) is 19.8 Å². The van der Waals surface area contributed by atoms with E-state index in [0.29, 0.717) is 28.4 Å². The van der Waals surface area contributed by atoms with Crippen LogP contribution in [0.1, 0.15) is 16.2 Å². The van der Waals surface area contributed by atoms with Crippen molar-refractivity contribution in [2.75, 3.05) is 19.5 Å². The third-order valence-electron chi connectivity index (χ3n) is 4.47. The van der Waals surface area contributed by atoms with Crippen LogP contribution >= 0.6 is 0 Å². The van der Waals surface area contributed by atoms with Crippen LogP contribution in [-0.4, -0.2) is 39.9 Å². The van der Waals surface area contributed by atoms with E-state index >= 15 is 0 Å². The van der Waals surface area contributed by atoms with Crippen molar-refractivity contribution in [3.8, 4) is 22.8 Å². The predicted octanol–water partition coefficient (Wildman–Crippen LogP) is 3.37. The Balaban J connectivity index is 1.54. The van der Waals surface area contributed by atoms with Crippen molar-refractivity contribution in [1.29, 1.82) is 0 Å². The predicted molar refractivity (Wildman–Crippen MR) is 108 cm³/mol. The van der Waals surface area contributed by atoms with Crippen LogP contribution in [0.25, 0.3) is 16.9 Å². The summed E-state index contributed by atoms with van der Waals surface area (Å²) in [5.74, 6) is 1.57. The number of aromatic nitrogens is 4. The van der Waals surface area contributed by atoms with Crippen molar-refractivity contribution >= 4 is 17.2 Å². The van der Waals surface area contributed by atoms with Gasteiger partial charge in [0.1, 0.15) is 11.5 Å². The second-order valence-corrected chi connectivity index (χ2v) is 6.37. The van der Waals surface area contributed by atoms with E-state index in [9.17, 15) is 4.79 Å². The number of benzene rings is 2. The molecule has 1 amide bonds. The summed E-state index contributed by atoms with van der Waals surface area (Å²) < 4.78 is 12.1. The minimum atomic E-state index is -0.255. The van der Waals surface area contributed by atoms with Gasteiger partial charge in [0.25, 0.3) is 5.91 Å². The van der Waals surface area contributed by atoms with Crippen molar-refractivity contribution in [2.24, 2.45) is 0 Å². The maximum absolute atomic E-state index is 12.6. The Morgan fingerprint density at radius 1 is 0.931 bits per heavy atom. The summed E-state index contributed by atoms with van der Waals surface area (Å²) in [6.07, 6.45) is 0. The lowest BCUT2D eigenvalue weighted by atomic mass is 10.1. The molecule has 0 spiro atoms. The fourth-order valence-electron chi connectivity index (χ4n) is 2.92. The Kier molecular flexibility index (Phi) is 4.82. The van der Waals surface area contributed by atoms with Gasteiger partial charge < -0.3 is 14.8 Å². The molecule has 0 unspecified atom stereocenters. The number of anilines is 1. The van der Waals surface area contributed by atoms with Crippen LogP contribution in [0.2, 0.25) is 0 Å². The van der Waals surface area contributed by atoms with Crippen LogP contribution in [0, 0.1) is 6.92 Å². The average Bonchev–Trinajstić information content (AvgIpc) is 3.14. The Morgan fingerprint density at radius 2 is 1.62 bits per heavy atom. The number of hydrogen-bond acceptors (Lipinski definition) is 6. The molecule has 29 heavy (non-hydrogen) atoms. The third-order valence-corrected chi connectivity index (χ3v) is 4.47. The number of nitrogens with zero attached hydrogens (tertiary/aromatic N) is 4. The van der Waals surface area contributed by atoms with E-state index in [1.54, 1.807) is 36.9 Å². The molecule has 0 saturated heterocycles. The lowest BCUT2D eigenvalue weighted by molar-refractivity contribution is 0.102. The largest absolute Gasteiger partial charge is 0.497 e. The molecule has 0 atom stereocenters. The number of rotatable bonds is 5. The van der Waals surface area contributed by atoms with E-state index in [-0.39, 0.29) is 5.91 Å². The molecule has 146 valence electrons. The van der Waals surface area contributed by atoms with Gasteiger partial charge >= 0.3 is 0 Å². The monoisotopic (exact) mass is 389 g/mol. The number of methoxy groups -OCH3 is 2. The Bertz CT molecular complexity index is 1160. The molecule has 2 aromatic carbocycles. The molecule has 4 rings (SSSR count). The number of carbonyl (C=O) groups excluding carboxylic acids is 1. The van der Waals surface area contributed by atoms with E-state index in [1.807, 2.05) is 43.3 Å². The SMILES string of the molecule is COc1cc(OC)cc(C(=O)Nc2ccc(-c3ccc4nnc(C)n4n3)cc2)c1. The van der Waals surface area contributed by atoms with Gasteiger partial charge in [-0.05, 0) is 43.3 Å². The molecule has 0 aliphatic carbocycles. The van der Waals surface area contributed by atoms with Crippen molar-refractivity contribution in [3.63, 3.8) is 0 Å². The second-order valence-electron chi connectivity index (χ2n) is 6.37. The Hall–Kier alpha value is -3.94. The molecular weight excluding hydrogens is 370 g/mol. The normalized spacial score (nSPS) is 10.7. The summed E-state index contributed by atoms with van der Waals surface area (Å²) in [7, 11) is 3.09. The van der Waals surface area contributed by atoms with Crippen LogP contribution in [0.4, 0.5) is 5.69 Å². The van der Waals surface area contributed by atoms with Gasteiger partial charge in [0.15, 0.2) is 11.5 Å². The van der Waals surface area contributed by atoms with Gasteiger partial charge in [0.2, 0.25) is 0 Å². The number of nitrogens with one attached hydrogen (secondary N) is 1. The summed E-state index contributed by atoms with van der Waals surface area (Å²) in [5, 5.41) is 15.5. The van der Waals surface area contributed by atoms with Crippen molar-refractivity contribution in [3.05, 3.63) is 66.0 Å². The fourth-order valence-corrected chi connectivity index (χ4v) is 2.92. The van der Waals surface area contributed by atoms with Gasteiger partial charge in [-0.3, -0.25) is 4.79 Å². The van der Waals surface area contributed by atoms with Crippen LogP contribution in [0.3, 0.4) is 0 Å². The fraction of sp³-hybridized carbons (Fsp3) is 0.143. The van der Waals surface area contributed by atoms with Gasteiger partial charge in [0.05, 0.1) is 19.9 Å². The number of amides is 1. The van der Waals surface area contributed by atoms with Crippen LogP contribution in [0.15, 0.2) is 54.6 Å². The molecule has 1 N–H and O–H groups in total. The van der Waals surface area contributed by atoms with Gasteiger partial charge in [-0.15, -0.1) is 10.2 Å². The van der Waals surface area contributed by atoms with Crippen molar-refractivity contribution < 1.29 is 14.3 Å². The smallest absolute Gasteiger partial charge is 0.255 e. The number of aryl methyl sites for hydroxylation is 1. The van der Waals surface area contributed by atoms with Crippen molar-refractivity contribution in [2.45, 2.75) is 6.92 Å². The first-order valence-corrected chi connectivity index (χ1v) is 8.91. The lowest BCUT2D eigenvalue weighted by Crippen LogP contribution is -2.12. The quantitative estimate of drug-likeness (QED) is 0.563. The zero-order valence-electron chi connectivity index (χ0n) is 16.2. The Labute approximate surface area is 167 Å². The lowest BCUT2D eigenvalue weighted by Gasteiger charge is -2.10. The molecule has 8 nitrogen and oxygen atoms in total. The van der Waals surface area contributed by atoms with Gasteiger partial charge in [-0.25, -0.2) is 0 Å². The molecule has 2 heterocycles. The van der Waals surface area contributed by atoms with Crippen LogP contribution < -0.4 is 14.8 Å². The molecule has 0 aliphatic rings. The second kappa shape index (κ2) is 7.59. The highest BCUT2D eigenvalue weighted by Crippen LogP contribution is 2.24. The summed E-state index contributed by atoms with van der Waals surface area (Å²) in [6, 6.07) is 16.2. The molecule has 2 aromatic heterocycles. The third kappa shape index (κ3) is 3.73. The number of carbonyl (C=O) groups is 1. The van der Waals surface area contributed by atoms with Gasteiger partial charge in [-0.2, -0.15) is 9.61 Å². The number of hydrogen-bond donors (Lipinski definition) is 1. The minimum Gasteiger partial charge on any atom is -0.497 e. The van der Waals surface area contributed by atoms with Crippen LogP contribution in [0.5, 0.6) is 11.5 Å². The standard InChI is InChI=1S/C21H19N5O3/c1-13-23-24-20-9-8-19(25-26(13)20)14-4-6-16(7-5-14)22-21(27)15-10-17(28-2)12-18(11-15)29-3/h4-12H,1-3H3,(H,22,27). The molecular formula is C21H19N5O3. The highest BCUT2D eigenvalue weighted by Gasteiger charge is 2.11. The average molecular weight is 389 g/mol. The van der Waals surface area contributed by atoms with E-state index < -0.39 is 0 Å². The molecule has 8 heteroatoms. The maximum Gasteiger partial charge on any atom is 0.255 e.